The summed E-state index contributed by atoms with van der Waals surface area (Å²) in [6.07, 6.45) is -1.53. The molecule has 0 aliphatic rings. The minimum absolute atomic E-state index is 0. The summed E-state index contributed by atoms with van der Waals surface area (Å²) >= 11 is 0. The Labute approximate surface area is 85.6 Å². The van der Waals surface area contributed by atoms with Crippen LogP contribution in [0.25, 0.3) is 0 Å². The van der Waals surface area contributed by atoms with Gasteiger partial charge in [-0.1, -0.05) is 0 Å². The molecule has 11 heavy (non-hydrogen) atoms. The molecule has 1 radical (unpaired) electrons. The van der Waals surface area contributed by atoms with E-state index in [0.29, 0.717) is 0 Å². The van der Waals surface area contributed by atoms with Gasteiger partial charge in [0.2, 0.25) is 0 Å². The monoisotopic (exact) mass is 213 g/mol. The number of hydrogen-bond donors (Lipinski definition) is 4. The Kier molecular flexibility index (Phi) is 6.89. The van der Waals surface area contributed by atoms with Crippen molar-refractivity contribution in [2.45, 2.75) is 0 Å². The van der Waals surface area contributed by atoms with Crippen LogP contribution in [-0.2, 0) is 9.13 Å². The van der Waals surface area contributed by atoms with Crippen molar-refractivity contribution < 1.29 is 28.7 Å². The second-order valence-electron chi connectivity index (χ2n) is 1.78. The first-order valence-corrected chi connectivity index (χ1v) is 5.89. The van der Waals surface area contributed by atoms with Crippen molar-refractivity contribution in [1.82, 2.24) is 0 Å². The molecule has 0 aromatic rings. The molecular weight excluding hydrogens is 205 g/mol. The van der Waals surface area contributed by atoms with Crippen molar-refractivity contribution >= 4 is 44.7 Å². The van der Waals surface area contributed by atoms with Gasteiger partial charge in [-0.15, -0.1) is 0 Å². The Bertz CT molecular complexity index is 169. The Morgan fingerprint density at radius 2 is 1.00 bits per heavy atom. The fraction of sp³-hybridized carbons (Fsp3) is 1.00. The van der Waals surface area contributed by atoms with Crippen LogP contribution in [0, 0.1) is 0 Å². The third-order valence-corrected chi connectivity index (χ3v) is 2.65. The van der Waals surface area contributed by atoms with Crippen molar-refractivity contribution in [2.75, 3.05) is 12.3 Å². The molecule has 0 heterocycles. The van der Waals surface area contributed by atoms with Crippen LogP contribution in [0.15, 0.2) is 0 Å². The summed E-state index contributed by atoms with van der Waals surface area (Å²) < 4.78 is 20.1. The predicted molar refractivity (Wildman–Crippen MR) is 39.6 cm³/mol. The predicted octanol–water partition coefficient (Wildman–Crippen LogP) is -1.04. The van der Waals surface area contributed by atoms with E-state index >= 15 is 0 Å². The first kappa shape index (κ1) is 14.8. The minimum atomic E-state index is -4.25. The number of rotatable bonds is 3. The van der Waals surface area contributed by atoms with Gasteiger partial charge in [0.05, 0.1) is 12.3 Å². The summed E-state index contributed by atoms with van der Waals surface area (Å²) in [5.41, 5.74) is 0. The maximum Gasteiger partial charge on any atom is 0.326 e. The molecule has 4 N–H and O–H groups in total. The van der Waals surface area contributed by atoms with E-state index in [4.69, 9.17) is 19.6 Å². The van der Waals surface area contributed by atoms with Crippen molar-refractivity contribution in [3.05, 3.63) is 0 Å². The summed E-state index contributed by atoms with van der Waals surface area (Å²) in [7, 11) is -8.51. The molecule has 0 spiro atoms. The summed E-state index contributed by atoms with van der Waals surface area (Å²) in [6.45, 7) is 0. The van der Waals surface area contributed by atoms with Gasteiger partial charge in [0.15, 0.2) is 0 Å². The zero-order valence-electron chi connectivity index (χ0n) is 5.91. The molecule has 0 aliphatic carbocycles. The first-order valence-electron chi connectivity index (χ1n) is 2.30. The van der Waals surface area contributed by atoms with Gasteiger partial charge in [-0.25, -0.2) is 0 Å². The Balaban J connectivity index is 0. The fourth-order valence-corrected chi connectivity index (χ4v) is 2.34. The second kappa shape index (κ2) is 5.12. The third kappa shape index (κ3) is 14.2. The Hall–Kier alpha value is 1.30. The quantitative estimate of drug-likeness (QED) is 0.351. The molecule has 0 aliphatic heterocycles. The molecule has 9 heteroatoms. The van der Waals surface area contributed by atoms with E-state index < -0.39 is 27.5 Å². The number of hydrogen-bond acceptors (Lipinski definition) is 2. The molecule has 6 nitrogen and oxygen atoms in total. The molecule has 0 unspecified atom stereocenters. The van der Waals surface area contributed by atoms with Crippen LogP contribution >= 0.6 is 15.2 Å². The molecule has 0 rings (SSSR count). The van der Waals surface area contributed by atoms with Crippen molar-refractivity contribution in [3.63, 3.8) is 0 Å². The van der Waals surface area contributed by atoms with E-state index in [-0.39, 0.29) is 29.6 Å². The van der Waals surface area contributed by atoms with Gasteiger partial charge in [-0.2, -0.15) is 0 Å². The molecule has 0 bridgehead atoms. The van der Waals surface area contributed by atoms with E-state index in [1.165, 1.54) is 0 Å². The topological polar surface area (TPSA) is 115 Å². The SMILES string of the molecule is O=P(O)(O)CCP(=O)(O)O.[Na]. The van der Waals surface area contributed by atoms with E-state index in [1.807, 2.05) is 0 Å². The van der Waals surface area contributed by atoms with Crippen LogP contribution in [0.4, 0.5) is 0 Å². The largest absolute Gasteiger partial charge is 0.326 e. The molecule has 0 saturated carbocycles. The molecular formula is C2H8NaO6P2. The molecule has 0 atom stereocenters. The Morgan fingerprint density at radius 1 is 0.818 bits per heavy atom. The molecule has 0 saturated heterocycles. The molecule has 0 aromatic carbocycles. The molecule has 63 valence electrons. The average molecular weight is 213 g/mol. The maximum absolute atomic E-state index is 10.0. The first-order chi connectivity index (χ1) is 4.21. The van der Waals surface area contributed by atoms with Crippen molar-refractivity contribution in [3.8, 4) is 0 Å². The van der Waals surface area contributed by atoms with Gasteiger partial charge in [-0.3, -0.25) is 9.13 Å². The van der Waals surface area contributed by atoms with Gasteiger partial charge >= 0.3 is 15.2 Å². The van der Waals surface area contributed by atoms with E-state index in [2.05, 4.69) is 0 Å². The summed E-state index contributed by atoms with van der Waals surface area (Å²) in [5.74, 6) is 0. The molecule has 0 fully saturated rings. The van der Waals surface area contributed by atoms with E-state index in [9.17, 15) is 9.13 Å². The standard InChI is InChI=1S/C2H8O6P2.Na/c3-9(4,5)1-2-10(6,7)8;/h1-2H2,(H2,3,4,5)(H2,6,7,8);. The molecule has 0 amide bonds. The summed E-state index contributed by atoms with van der Waals surface area (Å²) in [5, 5.41) is 0. The second-order valence-corrected chi connectivity index (χ2v) is 5.33. The van der Waals surface area contributed by atoms with E-state index in [0.717, 1.165) is 0 Å². The van der Waals surface area contributed by atoms with Gasteiger partial charge < -0.3 is 19.6 Å². The zero-order chi connectivity index (χ0) is 8.41. The zero-order valence-corrected chi connectivity index (χ0v) is 9.70. The maximum atomic E-state index is 10.0. The van der Waals surface area contributed by atoms with Crippen LogP contribution < -0.4 is 0 Å². The van der Waals surface area contributed by atoms with Crippen LogP contribution in [0.1, 0.15) is 0 Å². The summed E-state index contributed by atoms with van der Waals surface area (Å²) in [4.78, 5) is 32.6. The summed E-state index contributed by atoms with van der Waals surface area (Å²) in [6, 6.07) is 0. The fourth-order valence-electron chi connectivity index (χ4n) is 0.261. The van der Waals surface area contributed by atoms with Gasteiger partial charge in [0, 0.05) is 29.6 Å². The molecule has 0 aromatic heterocycles. The van der Waals surface area contributed by atoms with Gasteiger partial charge in [0.25, 0.3) is 0 Å². The van der Waals surface area contributed by atoms with Crippen molar-refractivity contribution in [2.24, 2.45) is 0 Å². The minimum Gasteiger partial charge on any atom is -0.324 e. The smallest absolute Gasteiger partial charge is 0.324 e. The van der Waals surface area contributed by atoms with Gasteiger partial charge in [-0.05, 0) is 0 Å². The van der Waals surface area contributed by atoms with Crippen molar-refractivity contribution in [1.29, 1.82) is 0 Å². The average Bonchev–Trinajstić information content (AvgIpc) is 1.57. The van der Waals surface area contributed by atoms with Crippen LogP contribution in [0.5, 0.6) is 0 Å². The normalized spacial score (nSPS) is 12.4. The van der Waals surface area contributed by atoms with Crippen LogP contribution in [0.2, 0.25) is 0 Å². The van der Waals surface area contributed by atoms with Crippen LogP contribution in [0.3, 0.4) is 0 Å². The van der Waals surface area contributed by atoms with E-state index in [1.54, 1.807) is 0 Å². The van der Waals surface area contributed by atoms with Crippen LogP contribution in [-0.4, -0.2) is 61.5 Å². The third-order valence-electron chi connectivity index (χ3n) is 0.683. The van der Waals surface area contributed by atoms with Gasteiger partial charge in [0.1, 0.15) is 0 Å². The Morgan fingerprint density at radius 3 is 1.09 bits per heavy atom.